The first-order valence-electron chi connectivity index (χ1n) is 6.30. The number of hydrogen-bond acceptors (Lipinski definition) is 6. The standard InChI is InChI=1S/C14H18O6/c1-4-17-13(15)19-11-6-5-7-12(8-11)20-14(16)18-9-10(2)3/h5-8,10H,4,9H2,1-3H3. The molecular formula is C14H18O6. The monoisotopic (exact) mass is 282 g/mol. The summed E-state index contributed by atoms with van der Waals surface area (Å²) in [5, 5.41) is 0. The topological polar surface area (TPSA) is 71.1 Å². The second kappa shape index (κ2) is 8.04. The minimum Gasteiger partial charge on any atom is -0.434 e. The molecule has 0 N–H and O–H groups in total. The van der Waals surface area contributed by atoms with Crippen molar-refractivity contribution in [3.05, 3.63) is 24.3 Å². The van der Waals surface area contributed by atoms with Gasteiger partial charge in [-0.1, -0.05) is 19.9 Å². The zero-order valence-corrected chi connectivity index (χ0v) is 11.8. The molecule has 0 aromatic heterocycles. The first kappa shape index (κ1) is 15.8. The summed E-state index contributed by atoms with van der Waals surface area (Å²) in [6.07, 6.45) is -1.61. The largest absolute Gasteiger partial charge is 0.513 e. The van der Waals surface area contributed by atoms with Crippen LogP contribution in [0.1, 0.15) is 20.8 Å². The molecule has 1 aromatic rings. The first-order chi connectivity index (χ1) is 9.51. The first-order valence-corrected chi connectivity index (χ1v) is 6.30. The van der Waals surface area contributed by atoms with Crippen molar-refractivity contribution in [1.29, 1.82) is 0 Å². The number of benzene rings is 1. The van der Waals surface area contributed by atoms with Gasteiger partial charge in [-0.25, -0.2) is 9.59 Å². The summed E-state index contributed by atoms with van der Waals surface area (Å²) in [6.45, 7) is 6.00. The second-order valence-corrected chi connectivity index (χ2v) is 4.32. The number of rotatable bonds is 5. The fraction of sp³-hybridized carbons (Fsp3) is 0.429. The molecule has 6 nitrogen and oxygen atoms in total. The van der Waals surface area contributed by atoms with Crippen molar-refractivity contribution in [1.82, 2.24) is 0 Å². The summed E-state index contributed by atoms with van der Waals surface area (Å²) >= 11 is 0. The maximum atomic E-state index is 11.4. The Bertz CT molecular complexity index is 455. The number of carbonyl (C=O) groups is 2. The molecule has 0 spiro atoms. The van der Waals surface area contributed by atoms with E-state index in [4.69, 9.17) is 14.2 Å². The zero-order valence-electron chi connectivity index (χ0n) is 11.8. The average molecular weight is 282 g/mol. The molecule has 0 bridgehead atoms. The van der Waals surface area contributed by atoms with Crippen molar-refractivity contribution < 1.29 is 28.5 Å². The van der Waals surface area contributed by atoms with Crippen LogP contribution in [-0.4, -0.2) is 25.5 Å². The Morgan fingerprint density at radius 2 is 1.60 bits per heavy atom. The molecule has 0 aliphatic rings. The van der Waals surface area contributed by atoms with Crippen LogP contribution in [0.25, 0.3) is 0 Å². The van der Waals surface area contributed by atoms with E-state index in [1.165, 1.54) is 6.07 Å². The lowest BCUT2D eigenvalue weighted by Crippen LogP contribution is -2.14. The highest BCUT2D eigenvalue weighted by Gasteiger charge is 2.10. The van der Waals surface area contributed by atoms with Gasteiger partial charge in [-0.3, -0.25) is 0 Å². The smallest absolute Gasteiger partial charge is 0.434 e. The average Bonchev–Trinajstić information content (AvgIpc) is 2.37. The molecule has 20 heavy (non-hydrogen) atoms. The van der Waals surface area contributed by atoms with E-state index < -0.39 is 12.3 Å². The molecule has 0 aliphatic carbocycles. The van der Waals surface area contributed by atoms with Gasteiger partial charge < -0.3 is 18.9 Å². The van der Waals surface area contributed by atoms with E-state index in [1.807, 2.05) is 13.8 Å². The van der Waals surface area contributed by atoms with E-state index in [2.05, 4.69) is 4.74 Å². The maximum absolute atomic E-state index is 11.4. The number of hydrogen-bond donors (Lipinski definition) is 0. The highest BCUT2D eigenvalue weighted by molar-refractivity contribution is 5.66. The minimum absolute atomic E-state index is 0.219. The Kier molecular flexibility index (Phi) is 6.36. The van der Waals surface area contributed by atoms with E-state index in [0.717, 1.165) is 0 Å². The van der Waals surface area contributed by atoms with E-state index >= 15 is 0 Å². The van der Waals surface area contributed by atoms with Gasteiger partial charge >= 0.3 is 12.3 Å². The molecule has 0 unspecified atom stereocenters. The molecule has 6 heteroatoms. The van der Waals surface area contributed by atoms with Gasteiger partial charge in [-0.15, -0.1) is 0 Å². The second-order valence-electron chi connectivity index (χ2n) is 4.32. The number of carbonyl (C=O) groups excluding carboxylic acids is 2. The third kappa shape index (κ3) is 6.08. The van der Waals surface area contributed by atoms with Gasteiger partial charge in [0.25, 0.3) is 0 Å². The van der Waals surface area contributed by atoms with E-state index in [0.29, 0.717) is 0 Å². The molecule has 1 rings (SSSR count). The summed E-state index contributed by atoms with van der Waals surface area (Å²) < 4.78 is 19.3. The van der Waals surface area contributed by atoms with Crippen molar-refractivity contribution in [3.63, 3.8) is 0 Å². The highest BCUT2D eigenvalue weighted by Crippen LogP contribution is 2.20. The van der Waals surface area contributed by atoms with E-state index in [-0.39, 0.29) is 30.6 Å². The molecular weight excluding hydrogens is 264 g/mol. The van der Waals surface area contributed by atoms with E-state index in [9.17, 15) is 9.59 Å². The van der Waals surface area contributed by atoms with Gasteiger partial charge in [0.2, 0.25) is 0 Å². The third-order valence-corrected chi connectivity index (χ3v) is 2.00. The minimum atomic E-state index is -0.813. The van der Waals surface area contributed by atoms with Gasteiger partial charge in [0.1, 0.15) is 11.5 Å². The molecule has 0 radical (unpaired) electrons. The van der Waals surface area contributed by atoms with E-state index in [1.54, 1.807) is 25.1 Å². The molecule has 110 valence electrons. The van der Waals surface area contributed by atoms with Crippen molar-refractivity contribution in [3.8, 4) is 11.5 Å². The summed E-state index contributed by atoms with van der Waals surface area (Å²) in [5.41, 5.74) is 0. The SMILES string of the molecule is CCOC(=O)Oc1cccc(OC(=O)OCC(C)C)c1. The molecule has 0 atom stereocenters. The van der Waals surface area contributed by atoms with Crippen molar-refractivity contribution in [2.45, 2.75) is 20.8 Å². The third-order valence-electron chi connectivity index (χ3n) is 2.00. The van der Waals surface area contributed by atoms with Crippen LogP contribution in [-0.2, 0) is 9.47 Å². The molecule has 1 aromatic carbocycles. The van der Waals surface area contributed by atoms with Crippen molar-refractivity contribution >= 4 is 12.3 Å². The van der Waals surface area contributed by atoms with Crippen LogP contribution in [0.4, 0.5) is 9.59 Å². The number of ether oxygens (including phenoxy) is 4. The Labute approximate surface area is 117 Å². The highest BCUT2D eigenvalue weighted by atomic mass is 16.7. The van der Waals surface area contributed by atoms with Gasteiger partial charge in [0, 0.05) is 6.07 Å². The Hall–Kier alpha value is -2.24. The van der Waals surface area contributed by atoms with Crippen LogP contribution in [0.2, 0.25) is 0 Å². The molecule has 0 fully saturated rings. The maximum Gasteiger partial charge on any atom is 0.513 e. The molecule has 0 heterocycles. The normalized spacial score (nSPS) is 10.0. The Morgan fingerprint density at radius 3 is 2.10 bits per heavy atom. The molecule has 0 amide bonds. The summed E-state index contributed by atoms with van der Waals surface area (Å²) in [7, 11) is 0. The van der Waals surface area contributed by atoms with Crippen LogP contribution in [0, 0.1) is 5.92 Å². The zero-order chi connectivity index (χ0) is 15.0. The lowest BCUT2D eigenvalue weighted by molar-refractivity contribution is 0.0884. The van der Waals surface area contributed by atoms with Crippen molar-refractivity contribution in [2.24, 2.45) is 5.92 Å². The van der Waals surface area contributed by atoms with Crippen LogP contribution in [0.3, 0.4) is 0 Å². The van der Waals surface area contributed by atoms with Gasteiger partial charge in [0.05, 0.1) is 13.2 Å². The van der Waals surface area contributed by atoms with Gasteiger partial charge in [-0.2, -0.15) is 0 Å². The lowest BCUT2D eigenvalue weighted by atomic mass is 10.2. The predicted octanol–water partition coefficient (Wildman–Crippen LogP) is 3.39. The Morgan fingerprint density at radius 1 is 1.05 bits per heavy atom. The lowest BCUT2D eigenvalue weighted by Gasteiger charge is -2.08. The fourth-order valence-corrected chi connectivity index (χ4v) is 1.21. The molecule has 0 saturated carbocycles. The van der Waals surface area contributed by atoms with Gasteiger partial charge in [-0.05, 0) is 25.0 Å². The summed E-state index contributed by atoms with van der Waals surface area (Å²) in [5.74, 6) is 0.666. The quantitative estimate of drug-likeness (QED) is 0.609. The van der Waals surface area contributed by atoms with Crippen LogP contribution >= 0.6 is 0 Å². The van der Waals surface area contributed by atoms with Gasteiger partial charge in [0.15, 0.2) is 0 Å². The predicted molar refractivity (Wildman–Crippen MR) is 70.9 cm³/mol. The van der Waals surface area contributed by atoms with Crippen LogP contribution in [0.5, 0.6) is 11.5 Å². The van der Waals surface area contributed by atoms with Crippen molar-refractivity contribution in [2.75, 3.05) is 13.2 Å². The summed E-state index contributed by atoms with van der Waals surface area (Å²) in [6, 6.07) is 6.07. The Balaban J connectivity index is 2.55. The summed E-state index contributed by atoms with van der Waals surface area (Å²) in [4.78, 5) is 22.5. The molecule has 0 saturated heterocycles. The van der Waals surface area contributed by atoms with Crippen LogP contribution < -0.4 is 9.47 Å². The van der Waals surface area contributed by atoms with Crippen LogP contribution in [0.15, 0.2) is 24.3 Å². The fourth-order valence-electron chi connectivity index (χ4n) is 1.21. The molecule has 0 aliphatic heterocycles.